The summed E-state index contributed by atoms with van der Waals surface area (Å²) in [5.74, 6) is 1.08. The fraction of sp³-hybridized carbons (Fsp3) is 0.200. The third-order valence-electron chi connectivity index (χ3n) is 5.59. The van der Waals surface area contributed by atoms with E-state index in [1.165, 1.54) is 41.1 Å². The topological polar surface area (TPSA) is 76.9 Å². The minimum atomic E-state index is -4.01. The molecule has 0 radical (unpaired) electrons. The summed E-state index contributed by atoms with van der Waals surface area (Å²) < 4.78 is 30.9. The molecule has 1 unspecified atom stereocenters. The van der Waals surface area contributed by atoms with Gasteiger partial charge in [-0.15, -0.1) is 10.2 Å². The Morgan fingerprint density at radius 2 is 1.64 bits per heavy atom. The van der Waals surface area contributed by atoms with Crippen LogP contribution in [0.4, 0.5) is 0 Å². The van der Waals surface area contributed by atoms with Crippen molar-refractivity contribution in [3.63, 3.8) is 0 Å². The highest BCUT2D eigenvalue weighted by Crippen LogP contribution is 2.32. The van der Waals surface area contributed by atoms with Crippen LogP contribution < -0.4 is 4.72 Å². The Balaban J connectivity index is 1.74. The second-order valence-electron chi connectivity index (χ2n) is 8.24. The monoisotopic (exact) mass is 580 g/mol. The first-order valence-corrected chi connectivity index (χ1v) is 14.5. The summed E-state index contributed by atoms with van der Waals surface area (Å²) >= 11 is 20.0. The summed E-state index contributed by atoms with van der Waals surface area (Å²) in [6.45, 7) is 5.71. The van der Waals surface area contributed by atoms with Gasteiger partial charge in [0.1, 0.15) is 4.90 Å². The molecule has 4 aromatic rings. The maximum atomic E-state index is 13.2. The average Bonchev–Trinajstić information content (AvgIpc) is 3.25. The van der Waals surface area contributed by atoms with Crippen LogP contribution in [0, 0.1) is 13.8 Å². The smallest absolute Gasteiger partial charge is 0.242 e. The molecule has 0 aliphatic rings. The molecule has 0 saturated carbocycles. The van der Waals surface area contributed by atoms with E-state index < -0.39 is 16.1 Å². The van der Waals surface area contributed by atoms with Gasteiger partial charge in [-0.3, -0.25) is 4.57 Å². The van der Waals surface area contributed by atoms with Crippen molar-refractivity contribution in [1.29, 1.82) is 0 Å². The van der Waals surface area contributed by atoms with Crippen LogP contribution in [-0.2, 0) is 15.8 Å². The van der Waals surface area contributed by atoms with Crippen LogP contribution in [0.1, 0.15) is 35.5 Å². The van der Waals surface area contributed by atoms with Crippen LogP contribution in [0.25, 0.3) is 5.69 Å². The molecule has 36 heavy (non-hydrogen) atoms. The highest BCUT2D eigenvalue weighted by Gasteiger charge is 2.27. The molecule has 6 nitrogen and oxygen atoms in total. The first-order valence-electron chi connectivity index (χ1n) is 10.9. The number of aryl methyl sites for hydroxylation is 2. The number of halogens is 3. The SMILES string of the molecule is Cc1ccccc1CSc1nnc(C(C)NS(=O)(=O)c2cc(Cl)ccc2Cl)n1-c1cc(Cl)ccc1C. The third kappa shape index (κ3) is 5.90. The summed E-state index contributed by atoms with van der Waals surface area (Å²) in [7, 11) is -4.01. The first kappa shape index (κ1) is 27.0. The van der Waals surface area contributed by atoms with E-state index in [9.17, 15) is 8.42 Å². The van der Waals surface area contributed by atoms with Gasteiger partial charge in [0, 0.05) is 15.8 Å². The Morgan fingerprint density at radius 3 is 2.39 bits per heavy atom. The predicted octanol–water partition coefficient (Wildman–Crippen LogP) is 7.18. The molecule has 0 aliphatic heterocycles. The number of aromatic nitrogens is 3. The van der Waals surface area contributed by atoms with Crippen LogP contribution in [0.15, 0.2) is 70.7 Å². The Labute approximate surface area is 230 Å². The lowest BCUT2D eigenvalue weighted by Gasteiger charge is -2.18. The van der Waals surface area contributed by atoms with Crippen LogP contribution in [0.3, 0.4) is 0 Å². The van der Waals surface area contributed by atoms with Gasteiger partial charge in [-0.1, -0.05) is 76.9 Å². The molecule has 1 atom stereocenters. The van der Waals surface area contributed by atoms with Crippen molar-refractivity contribution in [1.82, 2.24) is 19.5 Å². The summed E-state index contributed by atoms with van der Waals surface area (Å²) in [4.78, 5) is -0.109. The van der Waals surface area contributed by atoms with Crippen molar-refractivity contribution >= 4 is 56.6 Å². The molecule has 0 saturated heterocycles. The van der Waals surface area contributed by atoms with Gasteiger partial charge in [-0.25, -0.2) is 13.1 Å². The number of sulfonamides is 1. The number of nitrogens with one attached hydrogen (secondary N) is 1. The second kappa shape index (κ2) is 11.1. The highest BCUT2D eigenvalue weighted by molar-refractivity contribution is 7.98. The highest BCUT2D eigenvalue weighted by atomic mass is 35.5. The van der Waals surface area contributed by atoms with E-state index in [1.54, 1.807) is 13.0 Å². The number of hydrogen-bond acceptors (Lipinski definition) is 5. The molecule has 11 heteroatoms. The number of benzene rings is 3. The van der Waals surface area contributed by atoms with Gasteiger partial charge in [-0.05, 0) is 67.8 Å². The molecule has 0 bridgehead atoms. The van der Waals surface area contributed by atoms with Crippen molar-refractivity contribution in [2.75, 3.05) is 0 Å². The van der Waals surface area contributed by atoms with E-state index >= 15 is 0 Å². The van der Waals surface area contributed by atoms with Crippen molar-refractivity contribution in [2.24, 2.45) is 0 Å². The predicted molar refractivity (Wildman–Crippen MR) is 147 cm³/mol. The maximum Gasteiger partial charge on any atom is 0.242 e. The van der Waals surface area contributed by atoms with Crippen LogP contribution in [0.2, 0.25) is 15.1 Å². The summed E-state index contributed by atoms with van der Waals surface area (Å²) in [6, 6.07) is 17.2. The Morgan fingerprint density at radius 1 is 0.944 bits per heavy atom. The van der Waals surface area contributed by atoms with E-state index in [4.69, 9.17) is 34.8 Å². The van der Waals surface area contributed by atoms with Crippen molar-refractivity contribution in [3.05, 3.63) is 98.2 Å². The number of nitrogens with zero attached hydrogens (tertiary/aromatic N) is 3. The zero-order valence-corrected chi connectivity index (χ0v) is 23.6. The zero-order valence-electron chi connectivity index (χ0n) is 19.7. The summed E-state index contributed by atoms with van der Waals surface area (Å²) in [5, 5.41) is 10.3. The molecule has 0 spiro atoms. The minimum Gasteiger partial charge on any atom is -0.272 e. The molecule has 3 aromatic carbocycles. The molecule has 1 N–H and O–H groups in total. The molecule has 4 rings (SSSR count). The standard InChI is InChI=1S/C25H23Cl3N4O2S2/c1-15-6-4-5-7-18(15)14-35-25-30-29-24(32(25)22-12-19(26)9-8-16(22)2)17(3)31-36(33,34)23-13-20(27)10-11-21(23)28/h4-13,17,31H,14H2,1-3H3. The van der Waals surface area contributed by atoms with Gasteiger partial charge >= 0.3 is 0 Å². The van der Waals surface area contributed by atoms with E-state index in [1.807, 2.05) is 35.8 Å². The summed E-state index contributed by atoms with van der Waals surface area (Å²) in [5.41, 5.74) is 4.05. The second-order valence-corrected chi connectivity index (χ2v) is 12.1. The summed E-state index contributed by atoms with van der Waals surface area (Å²) in [6.07, 6.45) is 0. The fourth-order valence-electron chi connectivity index (χ4n) is 3.65. The molecule has 1 aromatic heterocycles. The maximum absolute atomic E-state index is 13.2. The molecule has 0 fully saturated rings. The molecule has 0 amide bonds. The van der Waals surface area contributed by atoms with Gasteiger partial charge in [-0.2, -0.15) is 0 Å². The van der Waals surface area contributed by atoms with E-state index in [0.29, 0.717) is 21.8 Å². The van der Waals surface area contributed by atoms with Crippen molar-refractivity contribution in [2.45, 2.75) is 42.6 Å². The Hall–Kier alpha value is -2.07. The van der Waals surface area contributed by atoms with E-state index in [2.05, 4.69) is 34.0 Å². The van der Waals surface area contributed by atoms with Crippen LogP contribution >= 0.6 is 46.6 Å². The Bertz CT molecular complexity index is 1520. The molecular weight excluding hydrogens is 559 g/mol. The third-order valence-corrected chi connectivity index (χ3v) is 9.06. The number of thioether (sulfide) groups is 1. The van der Waals surface area contributed by atoms with Crippen LogP contribution in [0.5, 0.6) is 0 Å². The number of hydrogen-bond donors (Lipinski definition) is 1. The molecule has 0 aliphatic carbocycles. The minimum absolute atomic E-state index is 0.0701. The van der Waals surface area contributed by atoms with Crippen molar-refractivity contribution in [3.8, 4) is 5.69 Å². The van der Waals surface area contributed by atoms with E-state index in [0.717, 1.165) is 11.3 Å². The van der Waals surface area contributed by atoms with Gasteiger partial charge in [0.15, 0.2) is 11.0 Å². The lowest BCUT2D eigenvalue weighted by atomic mass is 10.1. The quantitative estimate of drug-likeness (QED) is 0.223. The molecule has 188 valence electrons. The Kier molecular flexibility index (Phi) is 8.34. The van der Waals surface area contributed by atoms with Gasteiger partial charge < -0.3 is 0 Å². The van der Waals surface area contributed by atoms with Gasteiger partial charge in [0.05, 0.1) is 16.8 Å². The normalized spacial score (nSPS) is 12.6. The first-order chi connectivity index (χ1) is 17.1. The van der Waals surface area contributed by atoms with Crippen LogP contribution in [-0.4, -0.2) is 23.2 Å². The average molecular weight is 582 g/mol. The molecule has 1 heterocycles. The van der Waals surface area contributed by atoms with Gasteiger partial charge in [0.25, 0.3) is 0 Å². The lowest BCUT2D eigenvalue weighted by molar-refractivity contribution is 0.556. The molecular formula is C25H23Cl3N4O2S2. The van der Waals surface area contributed by atoms with Gasteiger partial charge in [0.2, 0.25) is 10.0 Å². The largest absolute Gasteiger partial charge is 0.272 e. The fourth-order valence-corrected chi connectivity index (χ4v) is 6.81. The zero-order chi connectivity index (χ0) is 26.0. The van der Waals surface area contributed by atoms with Crippen molar-refractivity contribution < 1.29 is 8.42 Å². The lowest BCUT2D eigenvalue weighted by Crippen LogP contribution is -2.29. The van der Waals surface area contributed by atoms with E-state index in [-0.39, 0.29) is 14.9 Å². The number of rotatable bonds is 8.